The van der Waals surface area contributed by atoms with Crippen molar-refractivity contribution < 1.29 is 4.42 Å². The Labute approximate surface area is 335 Å². The van der Waals surface area contributed by atoms with Crippen molar-refractivity contribution in [3.05, 3.63) is 203 Å². The second-order valence-corrected chi connectivity index (χ2v) is 16.5. The molecule has 5 unspecified atom stereocenters. The van der Waals surface area contributed by atoms with Crippen LogP contribution in [0.1, 0.15) is 64.3 Å². The summed E-state index contributed by atoms with van der Waals surface area (Å²) < 4.78 is 9.41. The maximum Gasteiger partial charge on any atom is 0.142 e. The summed E-state index contributed by atoms with van der Waals surface area (Å²) >= 11 is 1.86. The largest absolute Gasteiger partial charge is 0.456 e. The number of para-hydroxylation sites is 2. The molecule has 2 aliphatic carbocycles. The quantitative estimate of drug-likeness (QED) is 0.184. The SMILES string of the molecule is C1=CC2c3ccccc3N(C3CC=Cc4oc5c(-c6ccc7c(c6)sc6c(C8NC(c9ccccc9)=NC(c9ccccc9)N8)cccc67)cccc5c43)C2C=C1. The van der Waals surface area contributed by atoms with Crippen LogP contribution in [0, 0.1) is 0 Å². The van der Waals surface area contributed by atoms with Gasteiger partial charge in [-0.25, -0.2) is 4.99 Å². The van der Waals surface area contributed by atoms with Gasteiger partial charge in [0.05, 0.1) is 12.1 Å². The molecule has 0 amide bonds. The number of fused-ring (bicyclic) bond motifs is 9. The van der Waals surface area contributed by atoms with E-state index in [1.165, 1.54) is 47.9 Å². The predicted molar refractivity (Wildman–Crippen MR) is 236 cm³/mol. The molecular weight excluding hydrogens is 717 g/mol. The molecule has 6 heteroatoms. The molecule has 4 aliphatic rings. The van der Waals surface area contributed by atoms with E-state index in [1.807, 2.05) is 17.4 Å². The number of nitrogens with zero attached hydrogens (tertiary/aromatic N) is 2. The van der Waals surface area contributed by atoms with Crippen LogP contribution in [-0.2, 0) is 0 Å². The molecule has 5 nitrogen and oxygen atoms in total. The molecule has 2 aromatic heterocycles. The number of anilines is 1. The fourth-order valence-electron chi connectivity index (χ4n) is 9.70. The van der Waals surface area contributed by atoms with Gasteiger partial charge in [-0.15, -0.1) is 11.3 Å². The molecule has 274 valence electrons. The molecule has 57 heavy (non-hydrogen) atoms. The number of thiophene rings is 1. The molecule has 0 spiro atoms. The Bertz CT molecular complexity index is 2990. The number of hydrogen-bond acceptors (Lipinski definition) is 6. The molecule has 4 heterocycles. The van der Waals surface area contributed by atoms with Crippen LogP contribution in [0.25, 0.3) is 48.3 Å². The fourth-order valence-corrected chi connectivity index (χ4v) is 11.0. The van der Waals surface area contributed by atoms with E-state index in [0.29, 0.717) is 5.92 Å². The number of nitrogens with one attached hydrogen (secondary N) is 2. The number of rotatable bonds is 5. The average molecular weight is 755 g/mol. The van der Waals surface area contributed by atoms with Crippen LogP contribution in [0.4, 0.5) is 5.69 Å². The Morgan fingerprint density at radius 1 is 0.702 bits per heavy atom. The van der Waals surface area contributed by atoms with Gasteiger partial charge >= 0.3 is 0 Å². The van der Waals surface area contributed by atoms with Gasteiger partial charge in [0.25, 0.3) is 0 Å². The lowest BCUT2D eigenvalue weighted by molar-refractivity contribution is 0.411. The van der Waals surface area contributed by atoms with Crippen molar-refractivity contribution >= 4 is 60.1 Å². The van der Waals surface area contributed by atoms with Gasteiger partial charge in [-0.2, -0.15) is 0 Å². The van der Waals surface area contributed by atoms with E-state index in [9.17, 15) is 0 Å². The zero-order chi connectivity index (χ0) is 37.5. The van der Waals surface area contributed by atoms with Crippen LogP contribution < -0.4 is 15.5 Å². The van der Waals surface area contributed by atoms with Crippen LogP contribution in [-0.4, -0.2) is 11.9 Å². The summed E-state index contributed by atoms with van der Waals surface area (Å²) in [6, 6.07) is 50.6. The van der Waals surface area contributed by atoms with E-state index < -0.39 is 0 Å². The van der Waals surface area contributed by atoms with E-state index >= 15 is 0 Å². The van der Waals surface area contributed by atoms with E-state index in [2.05, 4.69) is 185 Å². The first-order valence-corrected chi connectivity index (χ1v) is 20.7. The molecular formula is C51H38N4OS. The number of aliphatic imine (C=N–C) groups is 1. The van der Waals surface area contributed by atoms with Gasteiger partial charge in [-0.1, -0.05) is 158 Å². The zero-order valence-corrected chi connectivity index (χ0v) is 31.9. The average Bonchev–Trinajstić information content (AvgIpc) is 3.96. The lowest BCUT2D eigenvalue weighted by atomic mass is 9.89. The topological polar surface area (TPSA) is 52.8 Å². The molecule has 0 saturated carbocycles. The van der Waals surface area contributed by atoms with Crippen molar-refractivity contribution in [1.29, 1.82) is 0 Å². The van der Waals surface area contributed by atoms with Crippen molar-refractivity contribution in [2.45, 2.75) is 36.8 Å². The highest BCUT2D eigenvalue weighted by atomic mass is 32.1. The highest BCUT2D eigenvalue weighted by Crippen LogP contribution is 2.52. The van der Waals surface area contributed by atoms with E-state index in [0.717, 1.165) is 45.9 Å². The smallest absolute Gasteiger partial charge is 0.142 e. The highest BCUT2D eigenvalue weighted by molar-refractivity contribution is 7.26. The van der Waals surface area contributed by atoms with Crippen molar-refractivity contribution in [2.24, 2.45) is 4.99 Å². The molecule has 12 rings (SSSR count). The summed E-state index contributed by atoms with van der Waals surface area (Å²) in [6.45, 7) is 0. The summed E-state index contributed by atoms with van der Waals surface area (Å²) in [4.78, 5) is 7.80. The van der Waals surface area contributed by atoms with Crippen molar-refractivity contribution in [3.8, 4) is 11.1 Å². The maximum atomic E-state index is 6.88. The molecule has 8 aromatic rings. The van der Waals surface area contributed by atoms with E-state index in [-0.39, 0.29) is 24.4 Å². The second-order valence-electron chi connectivity index (χ2n) is 15.4. The van der Waals surface area contributed by atoms with E-state index in [4.69, 9.17) is 9.41 Å². The number of hydrogen-bond donors (Lipinski definition) is 2. The maximum absolute atomic E-state index is 6.88. The monoisotopic (exact) mass is 754 g/mol. The van der Waals surface area contributed by atoms with Crippen LogP contribution in [0.3, 0.4) is 0 Å². The van der Waals surface area contributed by atoms with Crippen LogP contribution >= 0.6 is 11.3 Å². The van der Waals surface area contributed by atoms with Gasteiger partial charge in [-0.3, -0.25) is 5.32 Å². The first kappa shape index (κ1) is 32.7. The van der Waals surface area contributed by atoms with Crippen LogP contribution in [0.15, 0.2) is 179 Å². The molecule has 5 atom stereocenters. The standard InChI is InChI=1S/C51H38N4OS/c1-3-14-31(15-4-1)49-52-50(32-16-5-2-6-17-32)54-51(53-49)40-23-12-21-38-37-29-28-33(30-45(37)57-48(38)40)34-20-11-22-39-46-43(26-13-27-44(46)56-47(34)39)55-41-24-9-7-18-35(41)36-19-8-10-25-42(36)55/h1-25,27-30,35,41,43,49,51,53H,26H2,(H,52,54). The molecule has 2 aliphatic heterocycles. The lowest BCUT2D eigenvalue weighted by Gasteiger charge is -2.37. The molecule has 0 saturated heterocycles. The molecule has 6 aromatic carbocycles. The third-order valence-corrected chi connectivity index (χ3v) is 13.5. The van der Waals surface area contributed by atoms with Crippen LogP contribution in [0.2, 0.25) is 0 Å². The van der Waals surface area contributed by atoms with Gasteiger partial charge in [0.1, 0.15) is 29.5 Å². The number of allylic oxidation sites excluding steroid dienone is 2. The van der Waals surface area contributed by atoms with Gasteiger partial charge < -0.3 is 14.6 Å². The zero-order valence-electron chi connectivity index (χ0n) is 31.0. The minimum atomic E-state index is -0.185. The number of benzene rings is 6. The Balaban J connectivity index is 0.937. The lowest BCUT2D eigenvalue weighted by Crippen LogP contribution is -2.45. The van der Waals surface area contributed by atoms with Crippen molar-refractivity contribution in [2.75, 3.05) is 4.90 Å². The summed E-state index contributed by atoms with van der Waals surface area (Å²) in [6.07, 6.45) is 14.2. The summed E-state index contributed by atoms with van der Waals surface area (Å²) in [5, 5.41) is 11.3. The van der Waals surface area contributed by atoms with Gasteiger partial charge in [0.2, 0.25) is 0 Å². The summed E-state index contributed by atoms with van der Waals surface area (Å²) in [5.74, 6) is 2.22. The molecule has 0 bridgehead atoms. The summed E-state index contributed by atoms with van der Waals surface area (Å²) in [5.41, 5.74) is 10.7. The van der Waals surface area contributed by atoms with Gasteiger partial charge in [0.15, 0.2) is 0 Å². The first-order valence-electron chi connectivity index (χ1n) is 19.9. The molecule has 0 radical (unpaired) electrons. The van der Waals surface area contributed by atoms with Gasteiger partial charge in [-0.05, 0) is 41.3 Å². The molecule has 0 fully saturated rings. The fraction of sp³-hybridized carbons (Fsp3) is 0.118. The predicted octanol–water partition coefficient (Wildman–Crippen LogP) is 12.4. The van der Waals surface area contributed by atoms with Gasteiger partial charge in [0, 0.05) is 59.4 Å². The van der Waals surface area contributed by atoms with E-state index in [1.54, 1.807) is 0 Å². The number of amidine groups is 1. The Morgan fingerprint density at radius 3 is 2.40 bits per heavy atom. The minimum absolute atomic E-state index is 0.138. The van der Waals surface area contributed by atoms with Crippen LogP contribution in [0.5, 0.6) is 0 Å². The molecule has 2 N–H and O–H groups in total. The Kier molecular flexibility index (Phi) is 7.50. The third kappa shape index (κ3) is 5.21. The number of furan rings is 1. The van der Waals surface area contributed by atoms with Crippen molar-refractivity contribution in [1.82, 2.24) is 10.6 Å². The Hall–Kier alpha value is -6.47. The Morgan fingerprint density at radius 2 is 1.49 bits per heavy atom. The minimum Gasteiger partial charge on any atom is -0.456 e. The normalized spacial score (nSPS) is 22.1. The van der Waals surface area contributed by atoms with Crippen molar-refractivity contribution in [3.63, 3.8) is 0 Å². The third-order valence-electron chi connectivity index (χ3n) is 12.3. The summed E-state index contributed by atoms with van der Waals surface area (Å²) in [7, 11) is 0. The second kappa shape index (κ2) is 13.1. The highest BCUT2D eigenvalue weighted by Gasteiger charge is 2.42. The first-order chi connectivity index (χ1) is 28.3.